The number of aryl methyl sites for hydroxylation is 1. The molecule has 0 N–H and O–H groups in total. The minimum atomic E-state index is -4.44. The third-order valence-electron chi connectivity index (χ3n) is 2.39. The van der Waals surface area contributed by atoms with Crippen molar-refractivity contribution in [2.24, 2.45) is 7.05 Å². The van der Waals surface area contributed by atoms with E-state index in [0.29, 0.717) is 6.29 Å². The fraction of sp³-hybridized carbons (Fsp3) is 0.200. The first-order valence-corrected chi connectivity index (χ1v) is 4.42. The highest BCUT2D eigenvalue weighted by atomic mass is 19.4. The van der Waals surface area contributed by atoms with Crippen molar-refractivity contribution in [2.45, 2.75) is 6.18 Å². The molecule has 0 fully saturated rings. The second-order valence-electron chi connectivity index (χ2n) is 3.34. The van der Waals surface area contributed by atoms with E-state index in [1.807, 2.05) is 0 Å². The molecule has 84 valence electrons. The SMILES string of the molecule is Cn1c(C=O)cc2c(C(F)(F)F)ccnc21. The predicted octanol–water partition coefficient (Wildman–Crippen LogP) is 2.40. The number of hydrogen-bond donors (Lipinski definition) is 0. The maximum absolute atomic E-state index is 12.6. The lowest BCUT2D eigenvalue weighted by Gasteiger charge is -2.07. The van der Waals surface area contributed by atoms with Crippen molar-refractivity contribution in [3.8, 4) is 0 Å². The molecule has 16 heavy (non-hydrogen) atoms. The standard InChI is InChI=1S/C10H7F3N2O/c1-15-6(5-16)4-7-8(10(11,12)13)2-3-14-9(7)15/h2-5H,1H3. The van der Waals surface area contributed by atoms with Crippen LogP contribution in [0.1, 0.15) is 16.1 Å². The summed E-state index contributed by atoms with van der Waals surface area (Å²) in [6.07, 6.45) is -2.86. The van der Waals surface area contributed by atoms with Gasteiger partial charge in [-0.3, -0.25) is 4.79 Å². The summed E-state index contributed by atoms with van der Waals surface area (Å²) in [7, 11) is 1.50. The van der Waals surface area contributed by atoms with Gasteiger partial charge in [-0.05, 0) is 12.1 Å². The van der Waals surface area contributed by atoms with Crippen molar-refractivity contribution >= 4 is 17.3 Å². The third kappa shape index (κ3) is 1.46. The first-order valence-electron chi connectivity index (χ1n) is 4.42. The van der Waals surface area contributed by atoms with Crippen molar-refractivity contribution in [2.75, 3.05) is 0 Å². The highest BCUT2D eigenvalue weighted by molar-refractivity contribution is 5.89. The predicted molar refractivity (Wildman–Crippen MR) is 51.1 cm³/mol. The third-order valence-corrected chi connectivity index (χ3v) is 2.39. The second kappa shape index (κ2) is 3.33. The molecule has 0 bridgehead atoms. The van der Waals surface area contributed by atoms with Gasteiger partial charge in [0.25, 0.3) is 0 Å². The molecule has 2 aromatic rings. The Labute approximate surface area is 88.5 Å². The molecule has 0 aromatic carbocycles. The molecule has 0 aliphatic heterocycles. The summed E-state index contributed by atoms with van der Waals surface area (Å²) in [5.74, 6) is 0. The van der Waals surface area contributed by atoms with E-state index in [0.717, 1.165) is 12.3 Å². The lowest BCUT2D eigenvalue weighted by molar-refractivity contribution is -0.136. The van der Waals surface area contributed by atoms with Crippen LogP contribution in [0, 0.1) is 0 Å². The van der Waals surface area contributed by atoms with Gasteiger partial charge in [0.1, 0.15) is 5.65 Å². The van der Waals surface area contributed by atoms with Crippen LogP contribution in [-0.2, 0) is 13.2 Å². The first kappa shape index (κ1) is 10.7. The molecule has 3 nitrogen and oxygen atoms in total. The summed E-state index contributed by atoms with van der Waals surface area (Å²) in [5, 5.41) is -0.0559. The summed E-state index contributed by atoms with van der Waals surface area (Å²) >= 11 is 0. The van der Waals surface area contributed by atoms with Crippen molar-refractivity contribution in [3.05, 3.63) is 29.6 Å². The fourth-order valence-electron chi connectivity index (χ4n) is 1.60. The maximum atomic E-state index is 12.6. The summed E-state index contributed by atoms with van der Waals surface area (Å²) in [6, 6.07) is 2.09. The summed E-state index contributed by atoms with van der Waals surface area (Å²) in [5.41, 5.74) is -0.461. The number of pyridine rings is 1. The number of aromatic nitrogens is 2. The molecule has 0 aliphatic carbocycles. The molecule has 0 amide bonds. The summed E-state index contributed by atoms with van der Waals surface area (Å²) in [6.45, 7) is 0. The topological polar surface area (TPSA) is 34.9 Å². The molecule has 0 saturated heterocycles. The van der Waals surface area contributed by atoms with Gasteiger partial charge in [-0.15, -0.1) is 0 Å². The molecule has 0 radical (unpaired) electrons. The Hall–Kier alpha value is -1.85. The van der Waals surface area contributed by atoms with E-state index in [1.54, 1.807) is 0 Å². The van der Waals surface area contributed by atoms with Crippen molar-refractivity contribution in [1.82, 2.24) is 9.55 Å². The van der Waals surface area contributed by atoms with Crippen LogP contribution in [0.5, 0.6) is 0 Å². The maximum Gasteiger partial charge on any atom is 0.417 e. The van der Waals surface area contributed by atoms with E-state index in [-0.39, 0.29) is 16.7 Å². The van der Waals surface area contributed by atoms with Crippen LogP contribution >= 0.6 is 0 Å². The van der Waals surface area contributed by atoms with Gasteiger partial charge in [-0.25, -0.2) is 4.98 Å². The molecule has 2 heterocycles. The van der Waals surface area contributed by atoms with Crippen LogP contribution in [0.2, 0.25) is 0 Å². The quantitative estimate of drug-likeness (QED) is 0.702. The van der Waals surface area contributed by atoms with E-state index < -0.39 is 11.7 Å². The van der Waals surface area contributed by atoms with Gasteiger partial charge in [0.2, 0.25) is 0 Å². The number of rotatable bonds is 1. The van der Waals surface area contributed by atoms with E-state index in [1.165, 1.54) is 17.7 Å². The van der Waals surface area contributed by atoms with E-state index >= 15 is 0 Å². The zero-order chi connectivity index (χ0) is 11.9. The average Bonchev–Trinajstić information content (AvgIpc) is 2.54. The minimum Gasteiger partial charge on any atom is -0.326 e. The van der Waals surface area contributed by atoms with E-state index in [9.17, 15) is 18.0 Å². The highest BCUT2D eigenvalue weighted by Gasteiger charge is 2.33. The van der Waals surface area contributed by atoms with Gasteiger partial charge in [0.15, 0.2) is 6.29 Å². The number of aldehydes is 1. The zero-order valence-electron chi connectivity index (χ0n) is 8.25. The number of carbonyl (C=O) groups excluding carboxylic acids is 1. The van der Waals surface area contributed by atoms with Crippen molar-refractivity contribution < 1.29 is 18.0 Å². The summed E-state index contributed by atoms with van der Waals surface area (Å²) in [4.78, 5) is 14.5. The number of alkyl halides is 3. The number of carbonyl (C=O) groups is 1. The number of nitrogens with zero attached hydrogens (tertiary/aromatic N) is 2. The smallest absolute Gasteiger partial charge is 0.326 e. The van der Waals surface area contributed by atoms with Crippen LogP contribution in [0.3, 0.4) is 0 Å². The molecule has 0 atom stereocenters. The lowest BCUT2D eigenvalue weighted by atomic mass is 10.2. The molecular weight excluding hydrogens is 221 g/mol. The minimum absolute atomic E-state index is 0.0559. The van der Waals surface area contributed by atoms with Crippen molar-refractivity contribution in [1.29, 1.82) is 0 Å². The van der Waals surface area contributed by atoms with Crippen LogP contribution in [-0.4, -0.2) is 15.8 Å². The average molecular weight is 228 g/mol. The van der Waals surface area contributed by atoms with Gasteiger partial charge in [-0.2, -0.15) is 13.2 Å². The van der Waals surface area contributed by atoms with Crippen LogP contribution in [0.4, 0.5) is 13.2 Å². The van der Waals surface area contributed by atoms with Gasteiger partial charge in [0, 0.05) is 18.6 Å². The molecule has 0 aliphatic rings. The van der Waals surface area contributed by atoms with Gasteiger partial charge < -0.3 is 4.57 Å². The number of hydrogen-bond acceptors (Lipinski definition) is 2. The highest BCUT2D eigenvalue weighted by Crippen LogP contribution is 2.34. The molecule has 2 aromatic heterocycles. The van der Waals surface area contributed by atoms with E-state index in [2.05, 4.69) is 4.98 Å². The summed E-state index contributed by atoms with van der Waals surface area (Å²) < 4.78 is 39.2. The van der Waals surface area contributed by atoms with Crippen molar-refractivity contribution in [3.63, 3.8) is 0 Å². The molecular formula is C10H7F3N2O. The number of fused-ring (bicyclic) bond motifs is 1. The zero-order valence-corrected chi connectivity index (χ0v) is 8.25. The molecule has 6 heteroatoms. The van der Waals surface area contributed by atoms with E-state index in [4.69, 9.17) is 0 Å². The largest absolute Gasteiger partial charge is 0.417 e. The van der Waals surface area contributed by atoms with Crippen LogP contribution in [0.15, 0.2) is 18.3 Å². The number of halogens is 3. The molecule has 2 rings (SSSR count). The normalized spacial score (nSPS) is 12.0. The molecule has 0 spiro atoms. The van der Waals surface area contributed by atoms with Crippen LogP contribution < -0.4 is 0 Å². The first-order chi connectivity index (χ1) is 7.45. The second-order valence-corrected chi connectivity index (χ2v) is 3.34. The van der Waals surface area contributed by atoms with Gasteiger partial charge >= 0.3 is 6.18 Å². The van der Waals surface area contributed by atoms with Gasteiger partial charge in [0.05, 0.1) is 11.3 Å². The Balaban J connectivity index is 2.84. The monoisotopic (exact) mass is 228 g/mol. The Morgan fingerprint density at radius 2 is 2.12 bits per heavy atom. The Kier molecular flexibility index (Phi) is 2.22. The Morgan fingerprint density at radius 1 is 1.44 bits per heavy atom. The fourth-order valence-corrected chi connectivity index (χ4v) is 1.60. The molecule has 0 unspecified atom stereocenters. The van der Waals surface area contributed by atoms with Crippen LogP contribution in [0.25, 0.3) is 11.0 Å². The Morgan fingerprint density at radius 3 is 2.69 bits per heavy atom. The Bertz CT molecular complexity index is 557. The lowest BCUT2D eigenvalue weighted by Crippen LogP contribution is -2.05. The molecule has 0 saturated carbocycles. The van der Waals surface area contributed by atoms with Gasteiger partial charge in [-0.1, -0.05) is 0 Å².